The largest absolute Gasteiger partial charge is 0.317 e. The molecule has 1 aromatic carbocycles. The van der Waals surface area contributed by atoms with Crippen molar-refractivity contribution in [3.63, 3.8) is 0 Å². The molecule has 0 spiro atoms. The zero-order valence-corrected chi connectivity index (χ0v) is 13.8. The Morgan fingerprint density at radius 2 is 1.70 bits per heavy atom. The molecule has 20 heavy (non-hydrogen) atoms. The zero-order chi connectivity index (χ0) is 14.6. The fourth-order valence-corrected chi connectivity index (χ4v) is 2.39. The van der Waals surface area contributed by atoms with Crippen molar-refractivity contribution < 1.29 is 0 Å². The lowest BCUT2D eigenvalue weighted by Crippen LogP contribution is -2.19. The Morgan fingerprint density at radius 1 is 1.00 bits per heavy atom. The summed E-state index contributed by atoms with van der Waals surface area (Å²) in [5.41, 5.74) is 1.33. The molecular formula is C17H29ClN2. The van der Waals surface area contributed by atoms with Crippen molar-refractivity contribution in [1.82, 2.24) is 10.2 Å². The van der Waals surface area contributed by atoms with Gasteiger partial charge in [-0.25, -0.2) is 0 Å². The predicted molar refractivity (Wildman–Crippen MR) is 89.4 cm³/mol. The molecular weight excluding hydrogens is 268 g/mol. The highest BCUT2D eigenvalue weighted by Gasteiger charge is 2.00. The molecule has 1 N–H and O–H groups in total. The van der Waals surface area contributed by atoms with Crippen LogP contribution >= 0.6 is 11.6 Å². The smallest absolute Gasteiger partial charge is 0.0406 e. The zero-order valence-electron chi connectivity index (χ0n) is 13.0. The summed E-state index contributed by atoms with van der Waals surface area (Å²) in [7, 11) is 2.19. The first-order chi connectivity index (χ1) is 9.72. The van der Waals surface area contributed by atoms with Crippen LogP contribution in [0.2, 0.25) is 5.02 Å². The molecule has 114 valence electrons. The summed E-state index contributed by atoms with van der Waals surface area (Å²) in [6.07, 6.45) is 6.50. The number of rotatable bonds is 11. The van der Waals surface area contributed by atoms with Gasteiger partial charge in [0.15, 0.2) is 0 Å². The maximum Gasteiger partial charge on any atom is 0.0406 e. The molecule has 1 aromatic rings. The van der Waals surface area contributed by atoms with E-state index in [1.54, 1.807) is 0 Å². The third-order valence-corrected chi connectivity index (χ3v) is 3.69. The van der Waals surface area contributed by atoms with E-state index in [2.05, 4.69) is 36.3 Å². The average Bonchev–Trinajstić information content (AvgIpc) is 2.44. The Hall–Kier alpha value is -0.570. The summed E-state index contributed by atoms with van der Waals surface area (Å²) in [4.78, 5) is 2.39. The van der Waals surface area contributed by atoms with E-state index in [9.17, 15) is 0 Å². The van der Waals surface area contributed by atoms with Gasteiger partial charge in [-0.05, 0) is 63.6 Å². The van der Waals surface area contributed by atoms with Crippen molar-refractivity contribution >= 4 is 11.6 Å². The van der Waals surface area contributed by atoms with Crippen LogP contribution in [0.5, 0.6) is 0 Å². The quantitative estimate of drug-likeness (QED) is 0.611. The predicted octanol–water partition coefficient (Wildman–Crippen LogP) is 4.33. The number of benzene rings is 1. The van der Waals surface area contributed by atoms with Crippen LogP contribution in [0.1, 0.15) is 44.6 Å². The monoisotopic (exact) mass is 296 g/mol. The first-order valence-electron chi connectivity index (χ1n) is 7.86. The van der Waals surface area contributed by atoms with Crippen LogP contribution in [0.3, 0.4) is 0 Å². The second-order valence-electron chi connectivity index (χ2n) is 5.53. The van der Waals surface area contributed by atoms with E-state index >= 15 is 0 Å². The van der Waals surface area contributed by atoms with Gasteiger partial charge in [-0.1, -0.05) is 43.5 Å². The number of hydrogen-bond donors (Lipinski definition) is 1. The molecule has 3 heteroatoms. The van der Waals surface area contributed by atoms with E-state index in [1.807, 2.05) is 12.1 Å². The van der Waals surface area contributed by atoms with Crippen LogP contribution in [-0.2, 0) is 6.54 Å². The van der Waals surface area contributed by atoms with E-state index in [1.165, 1.54) is 50.8 Å². The number of unbranched alkanes of at least 4 members (excludes halogenated alkanes) is 3. The topological polar surface area (TPSA) is 15.3 Å². The van der Waals surface area contributed by atoms with Crippen molar-refractivity contribution in [2.45, 2.75) is 45.6 Å². The van der Waals surface area contributed by atoms with Gasteiger partial charge in [-0.15, -0.1) is 0 Å². The van der Waals surface area contributed by atoms with Crippen LogP contribution in [0.15, 0.2) is 24.3 Å². The number of nitrogens with zero attached hydrogens (tertiary/aromatic N) is 1. The van der Waals surface area contributed by atoms with Gasteiger partial charge in [-0.2, -0.15) is 0 Å². The van der Waals surface area contributed by atoms with Crippen LogP contribution in [0.25, 0.3) is 0 Å². The second kappa shape index (κ2) is 11.1. The van der Waals surface area contributed by atoms with E-state index in [0.717, 1.165) is 18.1 Å². The molecule has 0 aliphatic heterocycles. The number of hydrogen-bond acceptors (Lipinski definition) is 2. The molecule has 0 aromatic heterocycles. The molecule has 0 radical (unpaired) electrons. The van der Waals surface area contributed by atoms with Gasteiger partial charge < -0.3 is 10.2 Å². The minimum atomic E-state index is 0.813. The molecule has 0 saturated heterocycles. The Kier molecular flexibility index (Phi) is 9.73. The third kappa shape index (κ3) is 8.57. The Morgan fingerprint density at radius 3 is 2.40 bits per heavy atom. The normalized spacial score (nSPS) is 11.2. The fraction of sp³-hybridized carbons (Fsp3) is 0.647. The molecule has 2 nitrogen and oxygen atoms in total. The molecule has 0 aliphatic rings. The molecule has 0 heterocycles. The lowest BCUT2D eigenvalue weighted by atomic mass is 10.1. The maximum atomic E-state index is 5.89. The van der Waals surface area contributed by atoms with Crippen molar-refractivity contribution in [2.24, 2.45) is 0 Å². The van der Waals surface area contributed by atoms with Crippen molar-refractivity contribution in [3.8, 4) is 0 Å². The summed E-state index contributed by atoms with van der Waals surface area (Å²) in [6, 6.07) is 8.15. The van der Waals surface area contributed by atoms with Crippen LogP contribution in [0.4, 0.5) is 0 Å². The summed E-state index contributed by atoms with van der Waals surface area (Å²) in [5.74, 6) is 0. The second-order valence-corrected chi connectivity index (χ2v) is 5.96. The standard InChI is InChI=1S/C17H29ClN2/c1-3-12-19-13-6-4-5-7-14-20(2)15-16-8-10-17(18)11-9-16/h8-11,19H,3-7,12-15H2,1-2H3. The highest BCUT2D eigenvalue weighted by atomic mass is 35.5. The molecule has 0 aliphatic carbocycles. The lowest BCUT2D eigenvalue weighted by Gasteiger charge is -2.16. The lowest BCUT2D eigenvalue weighted by molar-refractivity contribution is 0.316. The third-order valence-electron chi connectivity index (χ3n) is 3.44. The highest BCUT2D eigenvalue weighted by Crippen LogP contribution is 2.11. The van der Waals surface area contributed by atoms with Crippen LogP contribution in [0, 0.1) is 0 Å². The van der Waals surface area contributed by atoms with Gasteiger partial charge in [0.05, 0.1) is 0 Å². The van der Waals surface area contributed by atoms with Gasteiger partial charge in [0, 0.05) is 11.6 Å². The molecule has 0 saturated carbocycles. The van der Waals surface area contributed by atoms with Crippen molar-refractivity contribution in [2.75, 3.05) is 26.7 Å². The first kappa shape index (κ1) is 17.5. The van der Waals surface area contributed by atoms with E-state index < -0.39 is 0 Å². The van der Waals surface area contributed by atoms with Gasteiger partial charge in [-0.3, -0.25) is 0 Å². The molecule has 1 rings (SSSR count). The highest BCUT2D eigenvalue weighted by molar-refractivity contribution is 6.30. The average molecular weight is 297 g/mol. The minimum absolute atomic E-state index is 0.813. The van der Waals surface area contributed by atoms with Gasteiger partial charge in [0.25, 0.3) is 0 Å². The van der Waals surface area contributed by atoms with Gasteiger partial charge >= 0.3 is 0 Å². The first-order valence-corrected chi connectivity index (χ1v) is 8.24. The molecule has 0 fully saturated rings. The Labute approximate surface area is 129 Å². The van der Waals surface area contributed by atoms with Gasteiger partial charge in [0.2, 0.25) is 0 Å². The van der Waals surface area contributed by atoms with Crippen molar-refractivity contribution in [3.05, 3.63) is 34.9 Å². The van der Waals surface area contributed by atoms with E-state index in [0.29, 0.717) is 0 Å². The molecule has 0 atom stereocenters. The minimum Gasteiger partial charge on any atom is -0.317 e. The fourth-order valence-electron chi connectivity index (χ4n) is 2.27. The summed E-state index contributed by atoms with van der Waals surface area (Å²) in [5, 5.41) is 4.26. The molecule has 0 unspecified atom stereocenters. The molecule has 0 amide bonds. The summed E-state index contributed by atoms with van der Waals surface area (Å²) >= 11 is 5.89. The number of halogens is 1. The van der Waals surface area contributed by atoms with Gasteiger partial charge in [0.1, 0.15) is 0 Å². The van der Waals surface area contributed by atoms with Crippen LogP contribution < -0.4 is 5.32 Å². The Balaban J connectivity index is 2.00. The van der Waals surface area contributed by atoms with E-state index in [4.69, 9.17) is 11.6 Å². The van der Waals surface area contributed by atoms with Crippen molar-refractivity contribution in [1.29, 1.82) is 0 Å². The summed E-state index contributed by atoms with van der Waals surface area (Å²) in [6.45, 7) is 6.72. The van der Waals surface area contributed by atoms with E-state index in [-0.39, 0.29) is 0 Å². The van der Waals surface area contributed by atoms with Crippen LogP contribution in [-0.4, -0.2) is 31.6 Å². The number of nitrogens with one attached hydrogen (secondary N) is 1. The SMILES string of the molecule is CCCNCCCCCCN(C)Cc1ccc(Cl)cc1. The Bertz CT molecular complexity index is 337. The maximum absolute atomic E-state index is 5.89. The molecule has 0 bridgehead atoms. The summed E-state index contributed by atoms with van der Waals surface area (Å²) < 4.78 is 0.